The highest BCUT2D eigenvalue weighted by Crippen LogP contribution is 2.37. The molecule has 2 N–H and O–H groups in total. The minimum atomic E-state index is -1.19. The molecule has 1 saturated heterocycles. The Kier molecular flexibility index (Phi) is 7.60. The van der Waals surface area contributed by atoms with Gasteiger partial charge in [-0.2, -0.15) is 14.8 Å². The van der Waals surface area contributed by atoms with E-state index in [9.17, 15) is 18.8 Å². The number of aromatic nitrogens is 4. The Bertz CT molecular complexity index is 1750. The van der Waals surface area contributed by atoms with Crippen LogP contribution in [-0.4, -0.2) is 43.6 Å². The van der Waals surface area contributed by atoms with Crippen LogP contribution in [0.1, 0.15) is 39.7 Å². The summed E-state index contributed by atoms with van der Waals surface area (Å²) in [4.78, 5) is 23.3. The van der Waals surface area contributed by atoms with Crippen LogP contribution in [0.15, 0.2) is 54.4 Å². The molecule has 0 unspecified atom stereocenters. The number of benzene rings is 2. The van der Waals surface area contributed by atoms with Gasteiger partial charge in [-0.15, -0.1) is 0 Å². The number of carbonyl (C=O) groups is 1. The molecule has 42 heavy (non-hydrogen) atoms. The molecule has 2 aromatic carbocycles. The van der Waals surface area contributed by atoms with Crippen molar-refractivity contribution in [2.45, 2.75) is 39.7 Å². The molecule has 1 fully saturated rings. The lowest BCUT2D eigenvalue weighted by atomic mass is 9.93. The zero-order chi connectivity index (χ0) is 30.2. The third kappa shape index (κ3) is 5.63. The largest absolute Gasteiger partial charge is 0.454 e. The van der Waals surface area contributed by atoms with E-state index < -0.39 is 17.5 Å². The highest BCUT2D eigenvalue weighted by Gasteiger charge is 2.31. The maximum Gasteiger partial charge on any atom is 0.264 e. The van der Waals surface area contributed by atoms with E-state index in [2.05, 4.69) is 15.1 Å². The number of hydrogen-bond acceptors (Lipinski definition) is 7. The van der Waals surface area contributed by atoms with Crippen LogP contribution in [0.4, 0.5) is 19.0 Å². The predicted molar refractivity (Wildman–Crippen MR) is 150 cm³/mol. The van der Waals surface area contributed by atoms with E-state index in [0.717, 1.165) is 12.1 Å². The average molecular weight is 576 g/mol. The summed E-state index contributed by atoms with van der Waals surface area (Å²) in [5.41, 5.74) is 6.53. The summed E-state index contributed by atoms with van der Waals surface area (Å²) >= 11 is 0. The summed E-state index contributed by atoms with van der Waals surface area (Å²) in [6.07, 6.45) is 4.25. The second kappa shape index (κ2) is 11.2. The van der Waals surface area contributed by atoms with Crippen LogP contribution in [0.5, 0.6) is 11.5 Å². The number of nitrogen functional groups attached to an aromatic ring is 1. The molecular weight excluding hydrogens is 547 g/mol. The first-order valence-corrected chi connectivity index (χ1v) is 13.3. The fraction of sp³-hybridized carbons (Fsp3) is 0.300. The van der Waals surface area contributed by atoms with Crippen molar-refractivity contribution in [2.24, 2.45) is 5.41 Å². The van der Waals surface area contributed by atoms with Crippen LogP contribution in [0, 0.1) is 34.2 Å². The van der Waals surface area contributed by atoms with E-state index in [1.54, 1.807) is 15.7 Å². The number of rotatable bonds is 5. The number of anilines is 1. The number of nitriles is 1. The first-order valence-electron chi connectivity index (χ1n) is 13.3. The van der Waals surface area contributed by atoms with Gasteiger partial charge in [0.2, 0.25) is 5.82 Å². The van der Waals surface area contributed by atoms with Crippen LogP contribution in [0.3, 0.4) is 0 Å². The van der Waals surface area contributed by atoms with Gasteiger partial charge in [0.25, 0.3) is 5.91 Å². The van der Waals surface area contributed by atoms with Crippen molar-refractivity contribution in [1.82, 2.24) is 24.6 Å². The first-order chi connectivity index (χ1) is 20.0. The fourth-order valence-electron chi connectivity index (χ4n) is 4.96. The van der Waals surface area contributed by atoms with Gasteiger partial charge >= 0.3 is 0 Å². The van der Waals surface area contributed by atoms with Gasteiger partial charge in [0, 0.05) is 24.7 Å². The molecule has 2 aromatic heterocycles. The van der Waals surface area contributed by atoms with Crippen molar-refractivity contribution in [3.63, 3.8) is 0 Å². The molecular formula is C30H28F3N7O2. The molecule has 0 bridgehead atoms. The molecule has 4 aromatic rings. The van der Waals surface area contributed by atoms with Gasteiger partial charge in [-0.05, 0) is 42.5 Å². The minimum absolute atomic E-state index is 0.0493. The number of piperidine rings is 1. The Balaban J connectivity index is 1.49. The van der Waals surface area contributed by atoms with Crippen molar-refractivity contribution in [3.8, 4) is 28.8 Å². The van der Waals surface area contributed by atoms with Gasteiger partial charge < -0.3 is 15.4 Å². The number of nitrogens with two attached hydrogens (primary N) is 1. The van der Waals surface area contributed by atoms with Crippen molar-refractivity contribution in [1.29, 1.82) is 5.26 Å². The molecule has 9 nitrogen and oxygen atoms in total. The maximum atomic E-state index is 15.5. The van der Waals surface area contributed by atoms with Crippen LogP contribution < -0.4 is 10.5 Å². The monoisotopic (exact) mass is 575 g/mol. The summed E-state index contributed by atoms with van der Waals surface area (Å²) < 4.78 is 50.1. The molecule has 1 aliphatic rings. The third-order valence-electron chi connectivity index (χ3n) is 6.82. The molecule has 1 atom stereocenters. The van der Waals surface area contributed by atoms with Crippen molar-refractivity contribution >= 4 is 22.8 Å². The Morgan fingerprint density at radius 1 is 1.17 bits per heavy atom. The Morgan fingerprint density at radius 2 is 1.95 bits per heavy atom. The third-order valence-corrected chi connectivity index (χ3v) is 6.82. The van der Waals surface area contributed by atoms with Gasteiger partial charge in [0.05, 0.1) is 11.4 Å². The number of amides is 1. The lowest BCUT2D eigenvalue weighted by Crippen LogP contribution is -2.41. The normalized spacial score (nSPS) is 16.0. The van der Waals surface area contributed by atoms with E-state index >= 15 is 4.39 Å². The van der Waals surface area contributed by atoms with E-state index in [1.807, 2.05) is 26.8 Å². The number of fused-ring (bicyclic) bond motifs is 1. The second-order valence-electron chi connectivity index (χ2n) is 11.1. The lowest BCUT2D eigenvalue weighted by molar-refractivity contribution is -0.128. The molecule has 0 spiro atoms. The van der Waals surface area contributed by atoms with Gasteiger partial charge in [-0.3, -0.25) is 4.79 Å². The number of nitrogens with zero attached hydrogens (tertiary/aromatic N) is 6. The standard InChI is InChI=1S/C30H28F3N7O2/c1-30(2,3)13-17(14-34)29(41)39-11-5-6-18(15-39)40-28-24(27(35)36-16-37-28)26(38-40)20-10-9-19(12-22(20)32)42-23-8-4-7-21(31)25(23)33/h4,7-10,12-13,16,18H,5-6,11,15H2,1-3H3,(H2,35,36,37)/b17-13-/t18-/m1/s1. The van der Waals surface area contributed by atoms with Gasteiger partial charge in [0.1, 0.15) is 41.0 Å². The highest BCUT2D eigenvalue weighted by molar-refractivity contribution is 5.99. The van der Waals surface area contributed by atoms with Crippen molar-refractivity contribution in [3.05, 3.63) is 71.8 Å². The minimum Gasteiger partial charge on any atom is -0.454 e. The predicted octanol–water partition coefficient (Wildman–Crippen LogP) is 5.94. The number of hydrogen-bond donors (Lipinski definition) is 1. The highest BCUT2D eigenvalue weighted by atomic mass is 19.2. The van der Waals surface area contributed by atoms with Crippen LogP contribution in [-0.2, 0) is 4.79 Å². The number of halogens is 3. The molecule has 216 valence electrons. The molecule has 1 amide bonds. The molecule has 0 radical (unpaired) electrons. The summed E-state index contributed by atoms with van der Waals surface area (Å²) in [7, 11) is 0. The van der Waals surface area contributed by atoms with Crippen LogP contribution in [0.2, 0.25) is 0 Å². The number of ether oxygens (including phenoxy) is 1. The zero-order valence-corrected chi connectivity index (χ0v) is 23.2. The topological polar surface area (TPSA) is 123 Å². The second-order valence-corrected chi connectivity index (χ2v) is 11.1. The van der Waals surface area contributed by atoms with Crippen molar-refractivity contribution in [2.75, 3.05) is 18.8 Å². The number of carbonyl (C=O) groups excluding carboxylic acids is 1. The summed E-state index contributed by atoms with van der Waals surface area (Å²) in [5, 5.41) is 14.7. The fourth-order valence-corrected chi connectivity index (χ4v) is 4.96. The van der Waals surface area contributed by atoms with E-state index in [1.165, 1.54) is 30.6 Å². The Labute approximate surface area is 240 Å². The van der Waals surface area contributed by atoms with E-state index in [0.29, 0.717) is 30.4 Å². The quantitative estimate of drug-likeness (QED) is 0.231. The Hall–Kier alpha value is -4.92. The van der Waals surface area contributed by atoms with Gasteiger partial charge in [-0.25, -0.2) is 23.4 Å². The average Bonchev–Trinajstić information content (AvgIpc) is 3.34. The first kappa shape index (κ1) is 28.6. The smallest absolute Gasteiger partial charge is 0.264 e. The van der Waals surface area contributed by atoms with Crippen LogP contribution >= 0.6 is 0 Å². The van der Waals surface area contributed by atoms with Crippen LogP contribution in [0.25, 0.3) is 22.3 Å². The SMILES string of the molecule is CC(C)(C)/C=C(/C#N)C(=O)N1CCC[C@@H](n2nc(-c3ccc(Oc4cccc(F)c4F)cc3F)c3c(N)ncnc32)C1. The summed E-state index contributed by atoms with van der Waals surface area (Å²) in [6, 6.07) is 8.99. The van der Waals surface area contributed by atoms with E-state index in [4.69, 9.17) is 10.5 Å². The Morgan fingerprint density at radius 3 is 2.67 bits per heavy atom. The molecule has 1 aliphatic heterocycles. The molecule has 0 aliphatic carbocycles. The van der Waals surface area contributed by atoms with Crippen molar-refractivity contribution < 1.29 is 22.7 Å². The van der Waals surface area contributed by atoms with Gasteiger partial charge in [-0.1, -0.05) is 32.9 Å². The molecule has 0 saturated carbocycles. The number of likely N-dealkylation sites (tertiary alicyclic amines) is 1. The summed E-state index contributed by atoms with van der Waals surface area (Å²) in [6.45, 7) is 6.47. The summed E-state index contributed by atoms with van der Waals surface area (Å²) in [5.74, 6) is -3.73. The molecule has 12 heteroatoms. The van der Waals surface area contributed by atoms with Gasteiger partial charge in [0.15, 0.2) is 17.2 Å². The zero-order valence-electron chi connectivity index (χ0n) is 23.2. The van der Waals surface area contributed by atoms with E-state index in [-0.39, 0.29) is 58.1 Å². The maximum absolute atomic E-state index is 15.5. The number of allylic oxidation sites excluding steroid dienone is 1. The lowest BCUT2D eigenvalue weighted by Gasteiger charge is -2.33. The molecule has 5 rings (SSSR count). The molecule has 3 heterocycles.